The summed E-state index contributed by atoms with van der Waals surface area (Å²) in [5, 5.41) is 9.51. The molecular weight excluding hydrogens is 242 g/mol. The first-order valence-corrected chi connectivity index (χ1v) is 6.65. The van der Waals surface area contributed by atoms with E-state index in [2.05, 4.69) is 0 Å². The third kappa shape index (κ3) is 2.78. The number of benzene rings is 1. The molecule has 0 aromatic heterocycles. The first-order chi connectivity index (χ1) is 9.06. The Kier molecular flexibility index (Phi) is 3.88. The van der Waals surface area contributed by atoms with E-state index in [1.807, 2.05) is 24.3 Å². The lowest BCUT2D eigenvalue weighted by atomic mass is 9.96. The number of likely N-dealkylation sites (N-methyl/N-ethyl adjacent to an activating group) is 1. The third-order valence-electron chi connectivity index (χ3n) is 3.60. The van der Waals surface area contributed by atoms with Crippen LogP contribution in [0, 0.1) is 0 Å². The molecule has 0 heterocycles. The van der Waals surface area contributed by atoms with Crippen molar-refractivity contribution in [1.82, 2.24) is 4.90 Å². The van der Waals surface area contributed by atoms with Crippen LogP contribution in [0.25, 0.3) is 0 Å². The lowest BCUT2D eigenvalue weighted by molar-refractivity contribution is -0.149. The van der Waals surface area contributed by atoms with E-state index < -0.39 is 12.0 Å². The highest BCUT2D eigenvalue weighted by Gasteiger charge is 2.34. The number of carbonyl (C=O) groups is 2. The zero-order valence-corrected chi connectivity index (χ0v) is 11.3. The molecule has 1 aromatic carbocycles. The van der Waals surface area contributed by atoms with Crippen LogP contribution in [0.2, 0.25) is 0 Å². The number of rotatable bonds is 5. The molecule has 1 aliphatic rings. The number of carbonyl (C=O) groups excluding carboxylic acids is 1. The van der Waals surface area contributed by atoms with Gasteiger partial charge in [-0.3, -0.25) is 4.79 Å². The summed E-state index contributed by atoms with van der Waals surface area (Å²) in [5.74, 6) is -0.714. The molecule has 1 atom stereocenters. The molecule has 102 valence electrons. The van der Waals surface area contributed by atoms with Gasteiger partial charge in [-0.1, -0.05) is 24.3 Å². The zero-order chi connectivity index (χ0) is 14.0. The van der Waals surface area contributed by atoms with Gasteiger partial charge in [-0.05, 0) is 36.8 Å². The number of hydrogen-bond acceptors (Lipinski definition) is 2. The van der Waals surface area contributed by atoms with Gasteiger partial charge in [0.05, 0.1) is 0 Å². The van der Waals surface area contributed by atoms with Crippen molar-refractivity contribution >= 4 is 11.9 Å². The minimum Gasteiger partial charge on any atom is -0.479 e. The fourth-order valence-corrected chi connectivity index (χ4v) is 2.55. The van der Waals surface area contributed by atoms with E-state index in [1.54, 1.807) is 6.92 Å². The average Bonchev–Trinajstić information content (AvgIpc) is 3.19. The van der Waals surface area contributed by atoms with E-state index in [0.717, 1.165) is 24.0 Å². The van der Waals surface area contributed by atoms with Crippen molar-refractivity contribution in [3.63, 3.8) is 0 Å². The fraction of sp³-hybridized carbons (Fsp3) is 0.467. The van der Waals surface area contributed by atoms with Gasteiger partial charge in [-0.2, -0.15) is 0 Å². The predicted octanol–water partition coefficient (Wildman–Crippen LogP) is 2.56. The summed E-state index contributed by atoms with van der Waals surface area (Å²) in [4.78, 5) is 24.7. The van der Waals surface area contributed by atoms with Crippen LogP contribution in [-0.2, 0) is 9.59 Å². The molecule has 1 aromatic rings. The Morgan fingerprint density at radius 1 is 1.37 bits per heavy atom. The standard InChI is InChI=1S/C15H19NO3/c1-3-16(10(2)17)14(15(18)19)13-7-5-4-6-12(13)11-8-9-11/h4-7,11,14H,3,8-9H2,1-2H3,(H,18,19). The third-order valence-corrected chi connectivity index (χ3v) is 3.60. The Labute approximate surface area is 113 Å². The molecule has 0 bridgehead atoms. The molecule has 0 aliphatic heterocycles. The minimum absolute atomic E-state index is 0.208. The Morgan fingerprint density at radius 3 is 2.47 bits per heavy atom. The Bertz CT molecular complexity index is 494. The lowest BCUT2D eigenvalue weighted by Gasteiger charge is -2.28. The van der Waals surface area contributed by atoms with E-state index >= 15 is 0 Å². The predicted molar refractivity (Wildman–Crippen MR) is 71.9 cm³/mol. The largest absolute Gasteiger partial charge is 0.479 e. The number of amides is 1. The van der Waals surface area contributed by atoms with Crippen LogP contribution >= 0.6 is 0 Å². The van der Waals surface area contributed by atoms with Gasteiger partial charge in [0.15, 0.2) is 6.04 Å². The van der Waals surface area contributed by atoms with Gasteiger partial charge >= 0.3 is 5.97 Å². The van der Waals surface area contributed by atoms with Gasteiger partial charge in [0.2, 0.25) is 5.91 Å². The van der Waals surface area contributed by atoms with Crippen molar-refractivity contribution in [1.29, 1.82) is 0 Å². The summed E-state index contributed by atoms with van der Waals surface area (Å²) in [6.07, 6.45) is 2.21. The van der Waals surface area contributed by atoms with Crippen molar-refractivity contribution in [3.05, 3.63) is 35.4 Å². The maximum atomic E-state index is 11.7. The number of carboxylic acids is 1. The molecule has 2 rings (SSSR count). The first-order valence-electron chi connectivity index (χ1n) is 6.65. The molecule has 19 heavy (non-hydrogen) atoms. The van der Waals surface area contributed by atoms with E-state index in [9.17, 15) is 14.7 Å². The molecule has 1 fully saturated rings. The summed E-state index contributed by atoms with van der Waals surface area (Å²) < 4.78 is 0. The monoisotopic (exact) mass is 261 g/mol. The molecule has 1 amide bonds. The Balaban J connectivity index is 2.44. The normalized spacial score (nSPS) is 15.9. The molecular formula is C15H19NO3. The summed E-state index contributed by atoms with van der Waals surface area (Å²) in [5.41, 5.74) is 1.84. The van der Waals surface area contributed by atoms with Crippen LogP contribution in [-0.4, -0.2) is 28.4 Å². The number of aliphatic carboxylic acids is 1. The van der Waals surface area contributed by atoms with E-state index in [0.29, 0.717) is 12.5 Å². The second-order valence-electron chi connectivity index (χ2n) is 4.95. The maximum absolute atomic E-state index is 11.7. The summed E-state index contributed by atoms with van der Waals surface area (Å²) >= 11 is 0. The quantitative estimate of drug-likeness (QED) is 0.886. The van der Waals surface area contributed by atoms with Crippen LogP contribution in [0.1, 0.15) is 49.8 Å². The molecule has 0 saturated heterocycles. The molecule has 1 unspecified atom stereocenters. The van der Waals surface area contributed by atoms with Gasteiger partial charge in [0, 0.05) is 13.5 Å². The highest BCUT2D eigenvalue weighted by Crippen LogP contribution is 2.43. The van der Waals surface area contributed by atoms with Gasteiger partial charge in [-0.25, -0.2) is 4.79 Å². The lowest BCUT2D eigenvalue weighted by Crippen LogP contribution is -2.37. The van der Waals surface area contributed by atoms with Crippen molar-refractivity contribution < 1.29 is 14.7 Å². The maximum Gasteiger partial charge on any atom is 0.331 e. The number of carboxylic acid groups (broad SMARTS) is 1. The smallest absolute Gasteiger partial charge is 0.331 e. The molecule has 0 spiro atoms. The molecule has 0 radical (unpaired) electrons. The summed E-state index contributed by atoms with van der Waals surface area (Å²) in [6.45, 7) is 3.61. The highest BCUT2D eigenvalue weighted by atomic mass is 16.4. The van der Waals surface area contributed by atoms with Crippen molar-refractivity contribution in [2.75, 3.05) is 6.54 Å². The van der Waals surface area contributed by atoms with E-state index in [-0.39, 0.29) is 5.91 Å². The highest BCUT2D eigenvalue weighted by molar-refractivity contribution is 5.83. The molecule has 1 saturated carbocycles. The van der Waals surface area contributed by atoms with Crippen molar-refractivity contribution in [2.24, 2.45) is 0 Å². The van der Waals surface area contributed by atoms with E-state index in [4.69, 9.17) is 0 Å². The fourth-order valence-electron chi connectivity index (χ4n) is 2.55. The van der Waals surface area contributed by atoms with Gasteiger partial charge in [0.1, 0.15) is 0 Å². The number of hydrogen-bond donors (Lipinski definition) is 1. The van der Waals surface area contributed by atoms with Crippen molar-refractivity contribution in [2.45, 2.75) is 38.6 Å². The second kappa shape index (κ2) is 5.43. The zero-order valence-electron chi connectivity index (χ0n) is 11.3. The van der Waals surface area contributed by atoms with Gasteiger partial charge < -0.3 is 10.0 Å². The number of nitrogens with zero attached hydrogens (tertiary/aromatic N) is 1. The summed E-state index contributed by atoms with van der Waals surface area (Å²) in [7, 11) is 0. The van der Waals surface area contributed by atoms with Gasteiger partial charge in [0.25, 0.3) is 0 Å². The average molecular weight is 261 g/mol. The topological polar surface area (TPSA) is 57.6 Å². The van der Waals surface area contributed by atoms with Crippen LogP contribution in [0.5, 0.6) is 0 Å². The molecule has 4 heteroatoms. The van der Waals surface area contributed by atoms with Crippen LogP contribution < -0.4 is 0 Å². The van der Waals surface area contributed by atoms with E-state index in [1.165, 1.54) is 11.8 Å². The molecule has 4 nitrogen and oxygen atoms in total. The molecule has 1 aliphatic carbocycles. The Hall–Kier alpha value is -1.84. The minimum atomic E-state index is -0.967. The van der Waals surface area contributed by atoms with Crippen LogP contribution in [0.3, 0.4) is 0 Å². The van der Waals surface area contributed by atoms with Crippen LogP contribution in [0.15, 0.2) is 24.3 Å². The first kappa shape index (κ1) is 13.6. The van der Waals surface area contributed by atoms with Crippen LogP contribution in [0.4, 0.5) is 0 Å². The Morgan fingerprint density at radius 2 is 2.00 bits per heavy atom. The SMILES string of the molecule is CCN(C(C)=O)C(C(=O)O)c1ccccc1C1CC1. The second-order valence-corrected chi connectivity index (χ2v) is 4.95. The molecule has 1 N–H and O–H groups in total. The van der Waals surface area contributed by atoms with Gasteiger partial charge in [-0.15, -0.1) is 0 Å². The summed E-state index contributed by atoms with van der Waals surface area (Å²) in [6, 6.07) is 6.71. The van der Waals surface area contributed by atoms with Crippen molar-refractivity contribution in [3.8, 4) is 0 Å².